The van der Waals surface area contributed by atoms with Crippen molar-refractivity contribution in [3.63, 3.8) is 0 Å². The van der Waals surface area contributed by atoms with Crippen LogP contribution >= 0.6 is 0 Å². The molecule has 1 fully saturated rings. The third-order valence-corrected chi connectivity index (χ3v) is 0.627. The second-order valence-electron chi connectivity index (χ2n) is 1.24. The van der Waals surface area contributed by atoms with E-state index in [0.29, 0.717) is 6.42 Å². The van der Waals surface area contributed by atoms with Crippen molar-refractivity contribution in [2.45, 2.75) is 12.1 Å². The molecule has 35 valence electrons. The Morgan fingerprint density at radius 1 is 1.50 bits per heavy atom. The quantitative estimate of drug-likeness (QED) is 0.423. The minimum Gasteiger partial charge on any atom is -0.240 e. The van der Waals surface area contributed by atoms with Crippen molar-refractivity contribution in [1.29, 1.82) is 0 Å². The van der Waals surface area contributed by atoms with E-state index in [1.807, 2.05) is 0 Å². The third kappa shape index (κ3) is 0.382. The van der Waals surface area contributed by atoms with Gasteiger partial charge in [-0.15, -0.1) is 0 Å². The highest BCUT2D eigenvalue weighted by Crippen LogP contribution is 2.42. The lowest BCUT2D eigenvalue weighted by molar-refractivity contribution is 0.0943. The maximum Gasteiger partial charge on any atom is 0.285 e. The van der Waals surface area contributed by atoms with Gasteiger partial charge in [0.05, 0.1) is 6.42 Å². The van der Waals surface area contributed by atoms with E-state index in [1.54, 1.807) is 0 Å². The molecule has 0 amide bonds. The summed E-state index contributed by atoms with van der Waals surface area (Å²) >= 11 is 0. The Bertz CT molecular complexity index is 68.4. The van der Waals surface area contributed by atoms with Gasteiger partial charge in [0.25, 0.3) is 5.92 Å². The van der Waals surface area contributed by atoms with E-state index in [4.69, 9.17) is 0 Å². The highest BCUT2D eigenvalue weighted by atomic mass is 19.3. The van der Waals surface area contributed by atoms with Crippen molar-refractivity contribution in [3.05, 3.63) is 6.42 Å². The fourth-order valence-corrected chi connectivity index (χ4v) is 0.147. The molecule has 0 aromatic heterocycles. The van der Waals surface area contributed by atoms with Gasteiger partial charge in [0.1, 0.15) is 0 Å². The van der Waals surface area contributed by atoms with E-state index >= 15 is 0 Å². The van der Waals surface area contributed by atoms with Crippen molar-refractivity contribution in [1.82, 2.24) is 0 Å². The monoisotopic (exact) mass is 95.0 g/mol. The topological polar surface area (TPSA) is 0 Å². The van der Waals surface area contributed by atoms with Gasteiger partial charge >= 0.3 is 0 Å². The molecule has 0 heterocycles. The molecule has 1 atom stereocenters. The van der Waals surface area contributed by atoms with Gasteiger partial charge in [0.15, 0.2) is 6.17 Å². The predicted molar refractivity (Wildman–Crippen MR) is 14.1 cm³/mol. The third-order valence-electron chi connectivity index (χ3n) is 0.627. The van der Waals surface area contributed by atoms with Gasteiger partial charge in [-0.3, -0.25) is 0 Å². The van der Waals surface area contributed by atoms with Gasteiger partial charge in [-0.25, -0.2) is 13.2 Å². The minimum atomic E-state index is -3.08. The zero-order valence-electron chi connectivity index (χ0n) is 2.79. The Morgan fingerprint density at radius 2 is 1.67 bits per heavy atom. The van der Waals surface area contributed by atoms with Gasteiger partial charge in [-0.1, -0.05) is 0 Å². The zero-order valence-corrected chi connectivity index (χ0v) is 2.79. The van der Waals surface area contributed by atoms with Crippen molar-refractivity contribution in [2.75, 3.05) is 0 Å². The standard InChI is InChI=1S/C3H2F3/c4-2-1-3(2,5)6/h1-2H. The molecule has 6 heavy (non-hydrogen) atoms. The van der Waals surface area contributed by atoms with E-state index in [2.05, 4.69) is 0 Å². The van der Waals surface area contributed by atoms with Crippen LogP contribution in [0.1, 0.15) is 0 Å². The van der Waals surface area contributed by atoms with E-state index in [9.17, 15) is 13.2 Å². The minimum absolute atomic E-state index is 0.354. The van der Waals surface area contributed by atoms with E-state index in [1.165, 1.54) is 0 Å². The van der Waals surface area contributed by atoms with Crippen LogP contribution in [0.25, 0.3) is 0 Å². The molecule has 0 aliphatic heterocycles. The second kappa shape index (κ2) is 0.718. The summed E-state index contributed by atoms with van der Waals surface area (Å²) < 4.78 is 33.3. The van der Waals surface area contributed by atoms with Crippen LogP contribution in [0, 0.1) is 6.42 Å². The molecule has 1 unspecified atom stereocenters. The van der Waals surface area contributed by atoms with E-state index in [-0.39, 0.29) is 0 Å². The molecule has 1 saturated carbocycles. The summed E-state index contributed by atoms with van der Waals surface area (Å²) in [6.45, 7) is 0. The highest BCUT2D eigenvalue weighted by Gasteiger charge is 2.58. The fraction of sp³-hybridized carbons (Fsp3) is 0.667. The molecule has 0 N–H and O–H groups in total. The lowest BCUT2D eigenvalue weighted by Gasteiger charge is -1.79. The molecule has 3 heteroatoms. The summed E-state index contributed by atoms with van der Waals surface area (Å²) in [5.41, 5.74) is 0. The van der Waals surface area contributed by atoms with E-state index < -0.39 is 12.1 Å². The average Bonchev–Trinajstić information content (AvgIpc) is 1.73. The number of halogens is 3. The van der Waals surface area contributed by atoms with E-state index in [0.717, 1.165) is 0 Å². The van der Waals surface area contributed by atoms with Gasteiger partial charge in [0.2, 0.25) is 0 Å². The Kier molecular flexibility index (Phi) is 0.474. The molecular weight excluding hydrogens is 93.0 g/mol. The van der Waals surface area contributed by atoms with Crippen LogP contribution in [0.3, 0.4) is 0 Å². The highest BCUT2D eigenvalue weighted by molar-refractivity contribution is 5.15. The van der Waals surface area contributed by atoms with Gasteiger partial charge < -0.3 is 0 Å². The Balaban J connectivity index is 2.41. The van der Waals surface area contributed by atoms with Crippen molar-refractivity contribution < 1.29 is 13.2 Å². The Labute approximate surface area is 33.0 Å². The normalized spacial score (nSPS) is 39.5. The summed E-state index contributed by atoms with van der Waals surface area (Å²) in [6, 6.07) is 0. The van der Waals surface area contributed by atoms with Gasteiger partial charge in [-0.05, 0) is 0 Å². The SMILES string of the molecule is FC1[CH]C1(F)F. The Hall–Kier alpha value is -0.210. The summed E-state index contributed by atoms with van der Waals surface area (Å²) in [7, 11) is 0. The molecule has 1 rings (SSSR count). The number of alkyl halides is 3. The van der Waals surface area contributed by atoms with Crippen LogP contribution in [0.2, 0.25) is 0 Å². The Morgan fingerprint density at radius 3 is 1.67 bits per heavy atom. The maximum absolute atomic E-state index is 11.1. The van der Waals surface area contributed by atoms with Crippen molar-refractivity contribution >= 4 is 0 Å². The van der Waals surface area contributed by atoms with Crippen LogP contribution in [0.5, 0.6) is 0 Å². The average molecular weight is 95.0 g/mol. The summed E-state index contributed by atoms with van der Waals surface area (Å²) in [4.78, 5) is 0. The number of hydrogen-bond donors (Lipinski definition) is 0. The molecule has 1 aliphatic carbocycles. The first kappa shape index (κ1) is 3.96. The molecular formula is C3H2F3. The molecule has 1 aliphatic rings. The molecule has 0 saturated heterocycles. The molecule has 0 spiro atoms. The van der Waals surface area contributed by atoms with Crippen LogP contribution < -0.4 is 0 Å². The smallest absolute Gasteiger partial charge is 0.240 e. The second-order valence-corrected chi connectivity index (χ2v) is 1.24. The molecule has 1 radical (unpaired) electrons. The lowest BCUT2D eigenvalue weighted by Crippen LogP contribution is -1.90. The first-order valence-electron chi connectivity index (χ1n) is 1.51. The van der Waals surface area contributed by atoms with Crippen LogP contribution in [0.4, 0.5) is 13.2 Å². The summed E-state index contributed by atoms with van der Waals surface area (Å²) in [5.74, 6) is -3.08. The van der Waals surface area contributed by atoms with Gasteiger partial charge in [-0.2, -0.15) is 0 Å². The molecule has 0 nitrogen and oxygen atoms in total. The number of hydrogen-bond acceptors (Lipinski definition) is 0. The first-order valence-corrected chi connectivity index (χ1v) is 1.51. The number of rotatable bonds is 0. The maximum atomic E-state index is 11.1. The fourth-order valence-electron chi connectivity index (χ4n) is 0.147. The molecule has 0 bridgehead atoms. The molecule has 0 aromatic rings. The van der Waals surface area contributed by atoms with Crippen LogP contribution in [-0.4, -0.2) is 12.1 Å². The summed E-state index contributed by atoms with van der Waals surface area (Å²) in [5, 5.41) is 0. The van der Waals surface area contributed by atoms with Crippen molar-refractivity contribution in [3.8, 4) is 0 Å². The zero-order chi connectivity index (χ0) is 4.78. The van der Waals surface area contributed by atoms with Gasteiger partial charge in [0, 0.05) is 0 Å². The largest absolute Gasteiger partial charge is 0.285 e. The van der Waals surface area contributed by atoms with Crippen LogP contribution in [-0.2, 0) is 0 Å². The predicted octanol–water partition coefficient (Wildman–Crippen LogP) is 1.18. The molecule has 0 aromatic carbocycles. The lowest BCUT2D eigenvalue weighted by atomic mass is 10.8. The van der Waals surface area contributed by atoms with Crippen molar-refractivity contribution in [2.24, 2.45) is 0 Å². The first-order chi connectivity index (χ1) is 2.63. The van der Waals surface area contributed by atoms with Crippen LogP contribution in [0.15, 0.2) is 0 Å². The summed E-state index contributed by atoms with van der Waals surface area (Å²) in [6.07, 6.45) is -1.61.